The van der Waals surface area contributed by atoms with Gasteiger partial charge in [0.05, 0.1) is 0 Å². The highest BCUT2D eigenvalue weighted by atomic mass is 32.2. The molecule has 0 aromatic carbocycles. The monoisotopic (exact) mass is 323 g/mol. The summed E-state index contributed by atoms with van der Waals surface area (Å²) < 4.78 is 28.8. The molecule has 0 bridgehead atoms. The van der Waals surface area contributed by atoms with Crippen molar-refractivity contribution in [2.24, 2.45) is 0 Å². The molecule has 1 fully saturated rings. The predicted octanol–water partition coefficient (Wildman–Crippen LogP) is 1.43. The minimum atomic E-state index is -3.33. The number of rotatable bonds is 9. The van der Waals surface area contributed by atoms with E-state index in [4.69, 9.17) is 0 Å². The average molecular weight is 324 g/mol. The van der Waals surface area contributed by atoms with Crippen molar-refractivity contribution in [3.63, 3.8) is 0 Å². The van der Waals surface area contributed by atoms with E-state index < -0.39 is 10.2 Å². The van der Waals surface area contributed by atoms with Gasteiger partial charge in [-0.2, -0.15) is 29.2 Å². The van der Waals surface area contributed by atoms with E-state index in [1.54, 1.807) is 7.05 Å². The van der Waals surface area contributed by atoms with Gasteiger partial charge in [-0.25, -0.2) is 0 Å². The smallest absolute Gasteiger partial charge is 0.279 e. The second kappa shape index (κ2) is 9.25. The minimum absolute atomic E-state index is 0.0995. The summed E-state index contributed by atoms with van der Waals surface area (Å²) in [5, 5.41) is 3.80. The van der Waals surface area contributed by atoms with Crippen molar-refractivity contribution in [2.75, 3.05) is 32.9 Å². The third kappa shape index (κ3) is 6.30. The molecule has 1 aliphatic carbocycles. The van der Waals surface area contributed by atoms with Crippen LogP contribution in [0.25, 0.3) is 0 Å². The summed E-state index contributed by atoms with van der Waals surface area (Å²) in [6.07, 6.45) is 7.17. The Balaban J connectivity index is 2.39. The molecule has 7 heteroatoms. The normalized spacial score (nSPS) is 24.2. The van der Waals surface area contributed by atoms with Gasteiger partial charge >= 0.3 is 0 Å². The minimum Gasteiger partial charge on any atom is -0.317 e. The Morgan fingerprint density at radius 1 is 1.35 bits per heavy atom. The molecule has 0 saturated heterocycles. The van der Waals surface area contributed by atoms with E-state index in [2.05, 4.69) is 16.3 Å². The number of hydrogen-bond donors (Lipinski definition) is 2. The number of hydrogen-bond acceptors (Lipinski definition) is 4. The first-order valence-corrected chi connectivity index (χ1v) is 10.2. The van der Waals surface area contributed by atoms with Crippen molar-refractivity contribution in [3.8, 4) is 0 Å². The molecule has 0 amide bonds. The SMILES string of the molecule is CCNCCCN(C)S(=O)(=O)NC1CCCC(SC)C1. The Bertz CT molecular complexity index is 363. The molecule has 2 N–H and O–H groups in total. The van der Waals surface area contributed by atoms with E-state index in [-0.39, 0.29) is 6.04 Å². The highest BCUT2D eigenvalue weighted by Gasteiger charge is 2.27. The molecule has 20 heavy (non-hydrogen) atoms. The lowest BCUT2D eigenvalue weighted by molar-refractivity contribution is 0.394. The highest BCUT2D eigenvalue weighted by molar-refractivity contribution is 7.99. The summed E-state index contributed by atoms with van der Waals surface area (Å²) in [5.41, 5.74) is 0. The van der Waals surface area contributed by atoms with Gasteiger partial charge in [-0.15, -0.1) is 0 Å². The molecular formula is C13H29N3O2S2. The molecule has 1 rings (SSSR count). The van der Waals surface area contributed by atoms with E-state index in [1.165, 1.54) is 10.7 Å². The van der Waals surface area contributed by atoms with Gasteiger partial charge in [0.25, 0.3) is 10.2 Å². The Morgan fingerprint density at radius 3 is 2.75 bits per heavy atom. The van der Waals surface area contributed by atoms with Crippen LogP contribution in [0.5, 0.6) is 0 Å². The van der Waals surface area contributed by atoms with Crippen LogP contribution in [0.2, 0.25) is 0 Å². The number of thioether (sulfide) groups is 1. The maximum atomic E-state index is 12.2. The second-order valence-electron chi connectivity index (χ2n) is 5.37. The molecule has 0 aromatic rings. The first-order valence-electron chi connectivity index (χ1n) is 7.46. The summed E-state index contributed by atoms with van der Waals surface area (Å²) in [5.74, 6) is 0. The summed E-state index contributed by atoms with van der Waals surface area (Å²) in [6.45, 7) is 4.38. The van der Waals surface area contributed by atoms with Gasteiger partial charge in [0.2, 0.25) is 0 Å². The Kier molecular flexibility index (Phi) is 8.43. The Hall–Kier alpha value is 0.180. The Labute approximate surface area is 128 Å². The zero-order chi connectivity index (χ0) is 15.0. The molecule has 0 heterocycles. The molecular weight excluding hydrogens is 294 g/mol. The maximum absolute atomic E-state index is 12.2. The summed E-state index contributed by atoms with van der Waals surface area (Å²) >= 11 is 1.85. The molecule has 0 aromatic heterocycles. The number of nitrogens with one attached hydrogen (secondary N) is 2. The largest absolute Gasteiger partial charge is 0.317 e. The van der Waals surface area contributed by atoms with Crippen LogP contribution in [0.1, 0.15) is 39.0 Å². The topological polar surface area (TPSA) is 61.4 Å². The van der Waals surface area contributed by atoms with E-state index >= 15 is 0 Å². The number of nitrogens with zero attached hydrogens (tertiary/aromatic N) is 1. The van der Waals surface area contributed by atoms with Crippen molar-refractivity contribution in [2.45, 2.75) is 50.3 Å². The van der Waals surface area contributed by atoms with Crippen LogP contribution in [0.15, 0.2) is 0 Å². The third-order valence-corrected chi connectivity index (χ3v) is 6.49. The summed E-state index contributed by atoms with van der Waals surface area (Å²) in [4.78, 5) is 0. The first-order chi connectivity index (χ1) is 9.49. The van der Waals surface area contributed by atoms with Crippen LogP contribution in [-0.4, -0.2) is 57.0 Å². The van der Waals surface area contributed by atoms with Crippen molar-refractivity contribution in [1.82, 2.24) is 14.3 Å². The Morgan fingerprint density at radius 2 is 2.10 bits per heavy atom. The van der Waals surface area contributed by atoms with Gasteiger partial charge in [0.1, 0.15) is 0 Å². The van der Waals surface area contributed by atoms with Crippen LogP contribution in [0.4, 0.5) is 0 Å². The van der Waals surface area contributed by atoms with Gasteiger partial charge in [-0.05, 0) is 45.0 Å². The van der Waals surface area contributed by atoms with Crippen molar-refractivity contribution in [3.05, 3.63) is 0 Å². The zero-order valence-corrected chi connectivity index (χ0v) is 14.5. The van der Waals surface area contributed by atoms with Crippen molar-refractivity contribution in [1.29, 1.82) is 0 Å². The van der Waals surface area contributed by atoms with Crippen LogP contribution in [0.3, 0.4) is 0 Å². The maximum Gasteiger partial charge on any atom is 0.279 e. The van der Waals surface area contributed by atoms with Crippen LogP contribution < -0.4 is 10.0 Å². The fourth-order valence-corrected chi connectivity index (χ4v) is 4.50. The highest BCUT2D eigenvalue weighted by Crippen LogP contribution is 2.27. The molecule has 5 nitrogen and oxygen atoms in total. The third-order valence-electron chi connectivity index (χ3n) is 3.76. The molecule has 1 saturated carbocycles. The van der Waals surface area contributed by atoms with Gasteiger partial charge in [-0.3, -0.25) is 0 Å². The molecule has 0 radical (unpaired) electrons. The lowest BCUT2D eigenvalue weighted by Crippen LogP contribution is -2.46. The van der Waals surface area contributed by atoms with E-state index in [9.17, 15) is 8.42 Å². The van der Waals surface area contributed by atoms with E-state index in [1.807, 2.05) is 18.7 Å². The molecule has 2 unspecified atom stereocenters. The lowest BCUT2D eigenvalue weighted by atomic mass is 9.96. The fraction of sp³-hybridized carbons (Fsp3) is 1.00. The molecule has 120 valence electrons. The quantitative estimate of drug-likeness (QED) is 0.630. The van der Waals surface area contributed by atoms with Gasteiger partial charge in [-0.1, -0.05) is 13.3 Å². The van der Waals surface area contributed by atoms with Crippen molar-refractivity contribution >= 4 is 22.0 Å². The second-order valence-corrected chi connectivity index (χ2v) is 8.32. The van der Waals surface area contributed by atoms with E-state index in [0.717, 1.165) is 38.8 Å². The molecule has 2 atom stereocenters. The lowest BCUT2D eigenvalue weighted by Gasteiger charge is -2.30. The predicted molar refractivity (Wildman–Crippen MR) is 87.4 cm³/mol. The van der Waals surface area contributed by atoms with Gasteiger partial charge in [0, 0.05) is 24.9 Å². The first kappa shape index (κ1) is 18.2. The van der Waals surface area contributed by atoms with Crippen LogP contribution >= 0.6 is 11.8 Å². The van der Waals surface area contributed by atoms with Gasteiger partial charge in [0.15, 0.2) is 0 Å². The van der Waals surface area contributed by atoms with Crippen LogP contribution in [0, 0.1) is 0 Å². The van der Waals surface area contributed by atoms with E-state index in [0.29, 0.717) is 11.8 Å². The average Bonchev–Trinajstić information content (AvgIpc) is 2.43. The summed E-state index contributed by atoms with van der Waals surface area (Å²) in [6, 6.07) is 0.0995. The fourth-order valence-electron chi connectivity index (χ4n) is 2.49. The molecule has 0 aliphatic heterocycles. The molecule has 0 spiro atoms. The molecule has 1 aliphatic rings. The summed E-state index contributed by atoms with van der Waals surface area (Å²) in [7, 11) is -1.68. The standard InChI is InChI=1S/C13H29N3O2S2/c1-4-14-9-6-10-16(2)20(17,18)15-12-7-5-8-13(11-12)19-3/h12-15H,4-11H2,1-3H3. The van der Waals surface area contributed by atoms with Crippen LogP contribution in [-0.2, 0) is 10.2 Å². The zero-order valence-electron chi connectivity index (χ0n) is 12.9. The van der Waals surface area contributed by atoms with Gasteiger partial charge < -0.3 is 5.32 Å². The van der Waals surface area contributed by atoms with Crippen molar-refractivity contribution < 1.29 is 8.42 Å².